The maximum Gasteiger partial charge on any atom is 0.300 e. The molecule has 0 radical (unpaired) electrons. The van der Waals surface area contributed by atoms with Crippen molar-refractivity contribution in [1.29, 1.82) is 0 Å². The van der Waals surface area contributed by atoms with Crippen LogP contribution in [0.5, 0.6) is 0 Å². The molecule has 0 amide bonds. The zero-order chi connectivity index (χ0) is 14.3. The van der Waals surface area contributed by atoms with Gasteiger partial charge in [-0.25, -0.2) is 12.1 Å². The second-order valence-electron chi connectivity index (χ2n) is 2.52. The molecular weight excluding hydrogens is 276 g/mol. The summed E-state index contributed by atoms with van der Waals surface area (Å²) in [5.74, 6) is -2.50. The Balaban J connectivity index is -0.0000000719. The number of rotatable bonds is 0. The zero-order valence-corrected chi connectivity index (χ0v) is 12.0. The molecular formula is C11H17O6Ti-. The molecule has 0 aliphatic heterocycles. The summed E-state index contributed by atoms with van der Waals surface area (Å²) in [7, 11) is 0. The van der Waals surface area contributed by atoms with Crippen molar-refractivity contribution >= 4 is 17.9 Å². The van der Waals surface area contributed by atoms with Crippen molar-refractivity contribution in [3.8, 4) is 0 Å². The second kappa shape index (κ2) is 20.8. The summed E-state index contributed by atoms with van der Waals surface area (Å²) in [5.41, 5.74) is 0. The van der Waals surface area contributed by atoms with Crippen LogP contribution in [0.2, 0.25) is 0 Å². The average Bonchev–Trinajstić information content (AvgIpc) is 2.53. The molecule has 0 saturated carbocycles. The quantitative estimate of drug-likeness (QED) is 0.495. The van der Waals surface area contributed by atoms with Gasteiger partial charge in [-0.05, 0) is 0 Å². The minimum absolute atomic E-state index is 0. The van der Waals surface area contributed by atoms with Crippen LogP contribution >= 0.6 is 0 Å². The summed E-state index contributed by atoms with van der Waals surface area (Å²) >= 11 is 0. The molecule has 0 aliphatic rings. The first-order chi connectivity index (χ1) is 7.70. The topological polar surface area (TPSA) is 112 Å². The van der Waals surface area contributed by atoms with Crippen LogP contribution in [0.3, 0.4) is 0 Å². The van der Waals surface area contributed by atoms with E-state index in [4.69, 9.17) is 29.7 Å². The predicted molar refractivity (Wildman–Crippen MR) is 62.0 cm³/mol. The minimum Gasteiger partial charge on any atom is -0.481 e. The minimum atomic E-state index is -0.833. The largest absolute Gasteiger partial charge is 0.481 e. The van der Waals surface area contributed by atoms with Crippen LogP contribution in [-0.4, -0.2) is 33.2 Å². The van der Waals surface area contributed by atoms with Crippen molar-refractivity contribution in [1.82, 2.24) is 0 Å². The number of hydrogen-bond acceptors (Lipinski definition) is 3. The number of aliphatic carboxylic acids is 3. The van der Waals surface area contributed by atoms with Crippen LogP contribution in [0, 0.1) is 0 Å². The molecule has 1 rings (SSSR count). The third-order valence-corrected chi connectivity index (χ3v) is 0.556. The zero-order valence-electron chi connectivity index (χ0n) is 10.5. The molecule has 0 atom stereocenters. The van der Waals surface area contributed by atoms with E-state index in [1.54, 1.807) is 0 Å². The van der Waals surface area contributed by atoms with Gasteiger partial charge < -0.3 is 15.3 Å². The van der Waals surface area contributed by atoms with E-state index in [2.05, 4.69) is 0 Å². The molecule has 0 aliphatic carbocycles. The molecule has 18 heavy (non-hydrogen) atoms. The van der Waals surface area contributed by atoms with Crippen molar-refractivity contribution in [3.63, 3.8) is 0 Å². The monoisotopic (exact) mass is 293 g/mol. The molecule has 0 fully saturated rings. The Hall–Kier alpha value is -1.53. The number of hydrogen-bond donors (Lipinski definition) is 3. The van der Waals surface area contributed by atoms with E-state index in [9.17, 15) is 0 Å². The fourth-order valence-corrected chi connectivity index (χ4v) is 0.321. The SMILES string of the molecule is CC(=O)O.CC(=O)O.CC(=O)O.[Ti].c1cc[cH-]c1. The van der Waals surface area contributed by atoms with Gasteiger partial charge >= 0.3 is 0 Å². The van der Waals surface area contributed by atoms with Gasteiger partial charge in [-0.15, -0.1) is 0 Å². The van der Waals surface area contributed by atoms with Crippen LogP contribution in [0.15, 0.2) is 30.3 Å². The molecule has 102 valence electrons. The van der Waals surface area contributed by atoms with Crippen molar-refractivity contribution in [2.24, 2.45) is 0 Å². The molecule has 0 heterocycles. The Bertz CT molecular complexity index is 237. The van der Waals surface area contributed by atoms with Crippen LogP contribution in [0.4, 0.5) is 0 Å². The molecule has 0 saturated heterocycles. The van der Waals surface area contributed by atoms with E-state index in [-0.39, 0.29) is 21.7 Å². The molecule has 7 heteroatoms. The van der Waals surface area contributed by atoms with Gasteiger partial charge in [0.1, 0.15) is 0 Å². The van der Waals surface area contributed by atoms with Crippen molar-refractivity contribution in [2.45, 2.75) is 20.8 Å². The summed E-state index contributed by atoms with van der Waals surface area (Å²) in [6.07, 6.45) is 0. The van der Waals surface area contributed by atoms with Crippen molar-refractivity contribution in [3.05, 3.63) is 30.3 Å². The van der Waals surface area contributed by atoms with Gasteiger partial charge in [-0.3, -0.25) is 14.4 Å². The molecule has 0 bridgehead atoms. The van der Waals surface area contributed by atoms with Crippen LogP contribution in [-0.2, 0) is 36.1 Å². The Morgan fingerprint density at radius 2 is 0.944 bits per heavy atom. The molecule has 3 N–H and O–H groups in total. The Morgan fingerprint density at radius 3 is 1.00 bits per heavy atom. The maximum atomic E-state index is 9.00. The van der Waals surface area contributed by atoms with E-state index < -0.39 is 17.9 Å². The Labute approximate surface area is 121 Å². The van der Waals surface area contributed by atoms with E-state index in [1.807, 2.05) is 30.3 Å². The van der Waals surface area contributed by atoms with Gasteiger partial charge in [0.05, 0.1) is 0 Å². The molecule has 1 aromatic rings. The van der Waals surface area contributed by atoms with E-state index in [0.717, 1.165) is 20.8 Å². The van der Waals surface area contributed by atoms with Gasteiger partial charge in [0, 0.05) is 42.5 Å². The van der Waals surface area contributed by atoms with Gasteiger partial charge in [-0.1, -0.05) is 0 Å². The Morgan fingerprint density at radius 1 is 0.778 bits per heavy atom. The van der Waals surface area contributed by atoms with Gasteiger partial charge in [-0.2, -0.15) is 18.2 Å². The second-order valence-corrected chi connectivity index (χ2v) is 2.52. The molecule has 0 unspecified atom stereocenters. The molecule has 1 aromatic carbocycles. The fraction of sp³-hybridized carbons (Fsp3) is 0.273. The normalized spacial score (nSPS) is 6.39. The molecule has 0 aromatic heterocycles. The van der Waals surface area contributed by atoms with E-state index >= 15 is 0 Å². The maximum absolute atomic E-state index is 9.00. The van der Waals surface area contributed by atoms with Gasteiger partial charge in [0.15, 0.2) is 0 Å². The smallest absolute Gasteiger partial charge is 0.300 e. The summed E-state index contributed by atoms with van der Waals surface area (Å²) in [6, 6.07) is 10.0. The van der Waals surface area contributed by atoms with Gasteiger partial charge in [0.2, 0.25) is 0 Å². The van der Waals surface area contributed by atoms with E-state index in [0.29, 0.717) is 0 Å². The summed E-state index contributed by atoms with van der Waals surface area (Å²) in [6.45, 7) is 3.25. The van der Waals surface area contributed by atoms with E-state index in [1.165, 1.54) is 0 Å². The summed E-state index contributed by atoms with van der Waals surface area (Å²) in [5, 5.41) is 22.2. The number of carbonyl (C=O) groups is 3. The number of carboxylic acid groups (broad SMARTS) is 3. The average molecular weight is 293 g/mol. The predicted octanol–water partition coefficient (Wildman–Crippen LogP) is 1.68. The van der Waals surface area contributed by atoms with Crippen LogP contribution in [0.1, 0.15) is 20.8 Å². The third kappa shape index (κ3) is 218. The van der Waals surface area contributed by atoms with Crippen LogP contribution < -0.4 is 0 Å². The van der Waals surface area contributed by atoms with Crippen molar-refractivity contribution in [2.75, 3.05) is 0 Å². The fourth-order valence-electron chi connectivity index (χ4n) is 0.321. The van der Waals surface area contributed by atoms with Gasteiger partial charge in [0.25, 0.3) is 17.9 Å². The first-order valence-electron chi connectivity index (χ1n) is 4.45. The summed E-state index contributed by atoms with van der Waals surface area (Å²) in [4.78, 5) is 27.0. The molecule has 0 spiro atoms. The van der Waals surface area contributed by atoms with Crippen molar-refractivity contribution < 1.29 is 51.4 Å². The molecule has 6 nitrogen and oxygen atoms in total. The van der Waals surface area contributed by atoms with Crippen LogP contribution in [0.25, 0.3) is 0 Å². The standard InChI is InChI=1S/C5H5.3C2H4O2.Ti/c1-2-4-5-3-1;3*1-2(3)4;/h1-5H;3*1H3,(H,3,4);/q-1;;;;. The first-order valence-corrected chi connectivity index (χ1v) is 4.45. The Kier molecular flexibility index (Phi) is 29.3. The summed E-state index contributed by atoms with van der Waals surface area (Å²) < 4.78 is 0. The number of carboxylic acids is 3. The first kappa shape index (κ1) is 25.4. The third-order valence-electron chi connectivity index (χ3n) is 0.556.